The summed E-state index contributed by atoms with van der Waals surface area (Å²) in [6.07, 6.45) is 4.20. The van der Waals surface area contributed by atoms with Crippen molar-refractivity contribution in [2.75, 3.05) is 11.4 Å². The lowest BCUT2D eigenvalue weighted by Gasteiger charge is -2.27. The van der Waals surface area contributed by atoms with Crippen LogP contribution < -0.4 is 9.64 Å². The highest BCUT2D eigenvalue weighted by Crippen LogP contribution is 2.38. The van der Waals surface area contributed by atoms with Crippen LogP contribution in [-0.2, 0) is 19.6 Å². The second kappa shape index (κ2) is 7.14. The van der Waals surface area contributed by atoms with Gasteiger partial charge in [0.25, 0.3) is 0 Å². The zero-order valence-electron chi connectivity index (χ0n) is 17.8. The first-order valence-corrected chi connectivity index (χ1v) is 11.0. The van der Waals surface area contributed by atoms with Gasteiger partial charge in [-0.25, -0.2) is 19.6 Å². The molecule has 1 fully saturated rings. The summed E-state index contributed by atoms with van der Waals surface area (Å²) in [6, 6.07) is 8.23. The van der Waals surface area contributed by atoms with Gasteiger partial charge >= 0.3 is 0 Å². The maximum Gasteiger partial charge on any atom is 0.154 e. The molecule has 1 aliphatic carbocycles. The second-order valence-electron chi connectivity index (χ2n) is 8.72. The van der Waals surface area contributed by atoms with E-state index >= 15 is 0 Å². The van der Waals surface area contributed by atoms with Crippen LogP contribution in [0.2, 0.25) is 0 Å². The quantitative estimate of drug-likeness (QED) is 0.637. The normalized spacial score (nSPS) is 17.5. The van der Waals surface area contributed by atoms with Gasteiger partial charge in [-0.15, -0.1) is 0 Å². The van der Waals surface area contributed by atoms with Crippen LogP contribution in [0.4, 0.5) is 5.82 Å². The monoisotopic (exact) mass is 415 g/mol. The summed E-state index contributed by atoms with van der Waals surface area (Å²) in [7, 11) is 0. The van der Waals surface area contributed by atoms with Crippen LogP contribution in [0.3, 0.4) is 0 Å². The van der Waals surface area contributed by atoms with E-state index < -0.39 is 0 Å². The molecule has 3 aromatic rings. The minimum absolute atomic E-state index is 0.132. The Balaban J connectivity index is 1.27. The lowest BCUT2D eigenvalue weighted by Crippen LogP contribution is -2.35. The Hall–Kier alpha value is -3.29. The molecule has 0 bridgehead atoms. The third-order valence-corrected chi connectivity index (χ3v) is 5.96. The molecule has 0 saturated heterocycles. The molecule has 0 spiro atoms. The Labute approximate surface area is 181 Å². The zero-order chi connectivity index (χ0) is 20.9. The second-order valence-corrected chi connectivity index (χ2v) is 8.72. The number of nitrogens with zero attached hydrogens (tertiary/aromatic N) is 7. The van der Waals surface area contributed by atoms with Crippen LogP contribution in [-0.4, -0.2) is 43.1 Å². The van der Waals surface area contributed by atoms with Crippen molar-refractivity contribution < 1.29 is 4.74 Å². The van der Waals surface area contributed by atoms with Crippen molar-refractivity contribution in [1.29, 1.82) is 0 Å². The van der Waals surface area contributed by atoms with E-state index in [1.54, 1.807) is 6.33 Å². The van der Waals surface area contributed by atoms with E-state index in [2.05, 4.69) is 31.7 Å². The van der Waals surface area contributed by atoms with Gasteiger partial charge in [-0.05, 0) is 44.4 Å². The maximum atomic E-state index is 5.89. The van der Waals surface area contributed by atoms with E-state index in [1.165, 1.54) is 18.4 Å². The first kappa shape index (κ1) is 18.5. The van der Waals surface area contributed by atoms with Crippen molar-refractivity contribution in [2.24, 2.45) is 4.99 Å². The van der Waals surface area contributed by atoms with Crippen molar-refractivity contribution >= 4 is 11.5 Å². The Bertz CT molecular complexity index is 1180. The van der Waals surface area contributed by atoms with E-state index in [4.69, 9.17) is 19.8 Å². The fraction of sp³-hybridized carbons (Fsp3) is 0.435. The van der Waals surface area contributed by atoms with Gasteiger partial charge in [-0.2, -0.15) is 5.10 Å². The van der Waals surface area contributed by atoms with E-state index in [9.17, 15) is 0 Å². The SMILES string of the molecule is CC(C)Oc1ccc2c(c1)C(c1cc(N3CCn4nc(C5CC5)nc4C3)ncn1)=NC2. The van der Waals surface area contributed by atoms with Crippen molar-refractivity contribution in [3.63, 3.8) is 0 Å². The topological polar surface area (TPSA) is 81.3 Å². The molecule has 3 aliphatic rings. The van der Waals surface area contributed by atoms with Crippen LogP contribution in [0.5, 0.6) is 5.75 Å². The van der Waals surface area contributed by atoms with Gasteiger partial charge < -0.3 is 9.64 Å². The van der Waals surface area contributed by atoms with Crippen LogP contribution >= 0.6 is 0 Å². The predicted octanol–water partition coefficient (Wildman–Crippen LogP) is 3.10. The van der Waals surface area contributed by atoms with E-state index in [0.717, 1.165) is 53.3 Å². The highest BCUT2D eigenvalue weighted by atomic mass is 16.5. The summed E-state index contributed by atoms with van der Waals surface area (Å²) < 4.78 is 7.94. The Morgan fingerprint density at radius 2 is 2.00 bits per heavy atom. The van der Waals surface area contributed by atoms with Crippen molar-refractivity contribution in [2.45, 2.75) is 58.3 Å². The summed E-state index contributed by atoms with van der Waals surface area (Å²) in [5.74, 6) is 4.36. The van der Waals surface area contributed by atoms with Crippen molar-refractivity contribution in [3.8, 4) is 5.75 Å². The summed E-state index contributed by atoms with van der Waals surface area (Å²) in [6.45, 7) is 7.13. The van der Waals surface area contributed by atoms with Gasteiger partial charge in [0.1, 0.15) is 23.7 Å². The van der Waals surface area contributed by atoms with Gasteiger partial charge in [0.15, 0.2) is 5.82 Å². The van der Waals surface area contributed by atoms with E-state index in [0.29, 0.717) is 19.0 Å². The number of ether oxygens (including phenoxy) is 1. The van der Waals surface area contributed by atoms with Gasteiger partial charge in [0, 0.05) is 24.1 Å². The van der Waals surface area contributed by atoms with Gasteiger partial charge in [0.2, 0.25) is 0 Å². The Kier molecular flexibility index (Phi) is 4.26. The molecule has 158 valence electrons. The maximum absolute atomic E-state index is 5.89. The predicted molar refractivity (Wildman–Crippen MR) is 117 cm³/mol. The number of benzene rings is 1. The fourth-order valence-corrected chi connectivity index (χ4v) is 4.24. The van der Waals surface area contributed by atoms with E-state index in [-0.39, 0.29) is 6.10 Å². The number of aromatic nitrogens is 5. The van der Waals surface area contributed by atoms with Gasteiger partial charge in [-0.1, -0.05) is 6.07 Å². The molecule has 31 heavy (non-hydrogen) atoms. The highest BCUT2D eigenvalue weighted by molar-refractivity contribution is 6.14. The standard InChI is InChI=1S/C23H25N7O/c1-14(2)31-17-6-5-16-11-24-22(18(16)9-17)19-10-20(26-13-25-19)29-7-8-30-21(12-29)27-23(28-30)15-3-4-15/h5-6,9-10,13-15H,3-4,7-8,11-12H2,1-2H3. The zero-order valence-corrected chi connectivity index (χ0v) is 17.8. The van der Waals surface area contributed by atoms with Gasteiger partial charge in [-0.3, -0.25) is 4.99 Å². The minimum Gasteiger partial charge on any atom is -0.491 e. The molecule has 0 unspecified atom stereocenters. The Morgan fingerprint density at radius 1 is 1.10 bits per heavy atom. The van der Waals surface area contributed by atoms with E-state index in [1.807, 2.05) is 26.0 Å². The summed E-state index contributed by atoms with van der Waals surface area (Å²) in [5, 5.41) is 4.69. The molecule has 4 heterocycles. The van der Waals surface area contributed by atoms with Crippen LogP contribution in [0.1, 0.15) is 61.1 Å². The van der Waals surface area contributed by atoms with Crippen molar-refractivity contribution in [3.05, 3.63) is 59.1 Å². The van der Waals surface area contributed by atoms with Crippen molar-refractivity contribution in [1.82, 2.24) is 24.7 Å². The molecule has 8 nitrogen and oxygen atoms in total. The summed E-state index contributed by atoms with van der Waals surface area (Å²) in [4.78, 5) is 20.9. The summed E-state index contributed by atoms with van der Waals surface area (Å²) >= 11 is 0. The largest absolute Gasteiger partial charge is 0.491 e. The lowest BCUT2D eigenvalue weighted by atomic mass is 10.0. The number of aliphatic imine (C=N–C) groups is 1. The molecule has 8 heteroatoms. The fourth-order valence-electron chi connectivity index (χ4n) is 4.24. The first-order valence-electron chi connectivity index (χ1n) is 11.0. The third kappa shape index (κ3) is 3.45. The molecule has 0 amide bonds. The molecule has 2 aliphatic heterocycles. The molecule has 0 radical (unpaired) electrons. The minimum atomic E-state index is 0.132. The molecule has 2 aromatic heterocycles. The first-order chi connectivity index (χ1) is 15.1. The third-order valence-electron chi connectivity index (χ3n) is 5.96. The number of fused-ring (bicyclic) bond motifs is 2. The number of hydrogen-bond donors (Lipinski definition) is 0. The average Bonchev–Trinajstić information content (AvgIpc) is 3.40. The smallest absolute Gasteiger partial charge is 0.154 e. The molecule has 1 aromatic carbocycles. The molecule has 0 N–H and O–H groups in total. The number of hydrogen-bond acceptors (Lipinski definition) is 7. The molecule has 6 rings (SSSR count). The highest BCUT2D eigenvalue weighted by Gasteiger charge is 2.31. The van der Waals surface area contributed by atoms with Gasteiger partial charge in [0.05, 0.1) is 37.1 Å². The number of rotatable bonds is 5. The average molecular weight is 416 g/mol. The lowest BCUT2D eigenvalue weighted by molar-refractivity contribution is 0.242. The Morgan fingerprint density at radius 3 is 2.84 bits per heavy atom. The van der Waals surface area contributed by atoms with Crippen LogP contribution in [0.25, 0.3) is 0 Å². The van der Waals surface area contributed by atoms with Crippen LogP contribution in [0.15, 0.2) is 35.6 Å². The molecule has 0 atom stereocenters. The number of anilines is 1. The summed E-state index contributed by atoms with van der Waals surface area (Å²) in [5.41, 5.74) is 4.04. The van der Waals surface area contributed by atoms with Crippen LogP contribution in [0, 0.1) is 0 Å². The molecule has 1 saturated carbocycles. The molecular weight excluding hydrogens is 390 g/mol. The molecular formula is C23H25N7O.